The summed E-state index contributed by atoms with van der Waals surface area (Å²) in [4.78, 5) is 7.97. The first kappa shape index (κ1) is 12.1. The van der Waals surface area contributed by atoms with Gasteiger partial charge in [0.05, 0.1) is 10.7 Å². The van der Waals surface area contributed by atoms with E-state index in [1.54, 1.807) is 6.07 Å². The number of aromatic nitrogens is 2. The molecule has 0 aliphatic carbocycles. The molecule has 0 atom stereocenters. The van der Waals surface area contributed by atoms with Crippen LogP contribution in [0.1, 0.15) is 5.69 Å². The molecule has 0 aliphatic heterocycles. The highest BCUT2D eigenvalue weighted by Crippen LogP contribution is 2.27. The Balaban J connectivity index is 2.38. The molecule has 0 amide bonds. The molecular formula is C11H6ClIN4. The molecule has 0 saturated heterocycles. The number of nitrogens with one attached hydrogen (secondary N) is 1. The zero-order valence-electron chi connectivity index (χ0n) is 8.48. The van der Waals surface area contributed by atoms with Gasteiger partial charge < -0.3 is 5.32 Å². The Morgan fingerprint density at radius 2 is 2.06 bits per heavy atom. The van der Waals surface area contributed by atoms with Crippen molar-refractivity contribution in [2.75, 3.05) is 5.32 Å². The van der Waals surface area contributed by atoms with Crippen LogP contribution in [0.25, 0.3) is 0 Å². The molecule has 0 radical (unpaired) electrons. The third-order valence-corrected chi connectivity index (χ3v) is 2.99. The SMILES string of the molecule is N#Cc1nccnc1Nc1cc(I)ccc1Cl. The van der Waals surface area contributed by atoms with Gasteiger partial charge in [0.1, 0.15) is 6.07 Å². The molecule has 6 heteroatoms. The summed E-state index contributed by atoms with van der Waals surface area (Å²) in [5, 5.41) is 12.5. The summed E-state index contributed by atoms with van der Waals surface area (Å²) in [5.41, 5.74) is 0.943. The third kappa shape index (κ3) is 2.84. The second kappa shape index (κ2) is 5.29. The van der Waals surface area contributed by atoms with Gasteiger partial charge in [-0.15, -0.1) is 0 Å². The molecule has 0 bridgehead atoms. The Hall–Kier alpha value is -1.39. The third-order valence-electron chi connectivity index (χ3n) is 1.99. The molecule has 1 aromatic heterocycles. The standard InChI is InChI=1S/C11H6ClIN4/c12-8-2-1-7(13)5-9(8)17-11-10(6-14)15-3-4-16-11/h1-5H,(H,16,17). The fourth-order valence-electron chi connectivity index (χ4n) is 1.23. The highest BCUT2D eigenvalue weighted by Gasteiger charge is 2.07. The number of hydrogen-bond acceptors (Lipinski definition) is 4. The minimum Gasteiger partial charge on any atom is -0.337 e. The smallest absolute Gasteiger partial charge is 0.183 e. The van der Waals surface area contributed by atoms with Crippen LogP contribution in [-0.2, 0) is 0 Å². The quantitative estimate of drug-likeness (QED) is 0.838. The van der Waals surface area contributed by atoms with Crippen LogP contribution in [0, 0.1) is 14.9 Å². The predicted octanol–water partition coefficient (Wildman–Crippen LogP) is 3.35. The van der Waals surface area contributed by atoms with Crippen LogP contribution in [0.3, 0.4) is 0 Å². The summed E-state index contributed by atoms with van der Waals surface area (Å²) < 4.78 is 1.04. The maximum Gasteiger partial charge on any atom is 0.183 e. The van der Waals surface area contributed by atoms with Crippen molar-refractivity contribution >= 4 is 45.7 Å². The maximum absolute atomic E-state index is 8.89. The average molecular weight is 357 g/mol. The molecule has 2 rings (SSSR count). The molecular weight excluding hydrogens is 351 g/mol. The molecule has 0 fully saturated rings. The van der Waals surface area contributed by atoms with E-state index < -0.39 is 0 Å². The summed E-state index contributed by atoms with van der Waals surface area (Å²) in [5.74, 6) is 0.402. The van der Waals surface area contributed by atoms with E-state index in [-0.39, 0.29) is 5.69 Å². The first-order chi connectivity index (χ1) is 8.20. The summed E-state index contributed by atoms with van der Waals surface area (Å²) in [6, 6.07) is 7.53. The second-order valence-electron chi connectivity index (χ2n) is 3.11. The molecule has 84 valence electrons. The van der Waals surface area contributed by atoms with Gasteiger partial charge in [0, 0.05) is 16.0 Å². The number of hydrogen-bond donors (Lipinski definition) is 1. The van der Waals surface area contributed by atoms with E-state index in [1.807, 2.05) is 18.2 Å². The summed E-state index contributed by atoms with van der Waals surface area (Å²) >= 11 is 8.23. The lowest BCUT2D eigenvalue weighted by molar-refractivity contribution is 1.16. The zero-order chi connectivity index (χ0) is 12.3. The molecule has 1 aromatic carbocycles. The number of nitrogens with zero attached hydrogens (tertiary/aromatic N) is 3. The van der Waals surface area contributed by atoms with Crippen LogP contribution in [0.4, 0.5) is 11.5 Å². The van der Waals surface area contributed by atoms with Gasteiger partial charge in [0.25, 0.3) is 0 Å². The number of anilines is 2. The molecule has 2 aromatic rings. The van der Waals surface area contributed by atoms with Crippen LogP contribution in [0.5, 0.6) is 0 Å². The van der Waals surface area contributed by atoms with Crippen molar-refractivity contribution < 1.29 is 0 Å². The topological polar surface area (TPSA) is 61.6 Å². The van der Waals surface area contributed by atoms with E-state index in [9.17, 15) is 0 Å². The minimum absolute atomic E-state index is 0.238. The van der Waals surface area contributed by atoms with Crippen LogP contribution >= 0.6 is 34.2 Å². The Bertz CT molecular complexity index is 594. The van der Waals surface area contributed by atoms with Crippen LogP contribution < -0.4 is 5.32 Å². The lowest BCUT2D eigenvalue weighted by atomic mass is 10.3. The number of benzene rings is 1. The maximum atomic E-state index is 8.89. The molecule has 0 spiro atoms. The zero-order valence-corrected chi connectivity index (χ0v) is 11.4. The fraction of sp³-hybridized carbons (Fsp3) is 0. The molecule has 4 nitrogen and oxygen atoms in total. The monoisotopic (exact) mass is 356 g/mol. The van der Waals surface area contributed by atoms with Crippen molar-refractivity contribution in [1.82, 2.24) is 9.97 Å². The molecule has 17 heavy (non-hydrogen) atoms. The highest BCUT2D eigenvalue weighted by atomic mass is 127. The number of halogens is 2. The van der Waals surface area contributed by atoms with Gasteiger partial charge in [-0.25, -0.2) is 9.97 Å². The molecule has 0 unspecified atom stereocenters. The summed E-state index contributed by atoms with van der Waals surface area (Å²) in [6.45, 7) is 0. The predicted molar refractivity (Wildman–Crippen MR) is 74.2 cm³/mol. The van der Waals surface area contributed by atoms with Gasteiger partial charge in [0.15, 0.2) is 11.5 Å². The number of rotatable bonds is 2. The van der Waals surface area contributed by atoms with Crippen LogP contribution in [-0.4, -0.2) is 9.97 Å². The van der Waals surface area contributed by atoms with Crippen molar-refractivity contribution in [3.8, 4) is 6.07 Å². The van der Waals surface area contributed by atoms with E-state index in [2.05, 4.69) is 37.9 Å². The Morgan fingerprint density at radius 1 is 1.29 bits per heavy atom. The van der Waals surface area contributed by atoms with Crippen molar-refractivity contribution in [2.45, 2.75) is 0 Å². The Morgan fingerprint density at radius 3 is 2.82 bits per heavy atom. The van der Waals surface area contributed by atoms with E-state index in [0.29, 0.717) is 16.5 Å². The minimum atomic E-state index is 0.238. The Labute approximate surface area is 117 Å². The average Bonchev–Trinajstić information content (AvgIpc) is 2.34. The lowest BCUT2D eigenvalue weighted by Crippen LogP contribution is -1.99. The lowest BCUT2D eigenvalue weighted by Gasteiger charge is -2.08. The molecule has 1 heterocycles. The largest absolute Gasteiger partial charge is 0.337 e. The highest BCUT2D eigenvalue weighted by molar-refractivity contribution is 14.1. The van der Waals surface area contributed by atoms with Gasteiger partial charge in [0.2, 0.25) is 0 Å². The fourth-order valence-corrected chi connectivity index (χ4v) is 1.89. The van der Waals surface area contributed by atoms with E-state index in [1.165, 1.54) is 12.4 Å². The van der Waals surface area contributed by atoms with E-state index in [0.717, 1.165) is 3.57 Å². The molecule has 0 saturated carbocycles. The van der Waals surface area contributed by atoms with E-state index in [4.69, 9.17) is 16.9 Å². The molecule has 1 N–H and O–H groups in total. The molecule has 0 aliphatic rings. The van der Waals surface area contributed by atoms with Crippen molar-refractivity contribution in [3.05, 3.63) is 44.9 Å². The van der Waals surface area contributed by atoms with Crippen LogP contribution in [0.2, 0.25) is 5.02 Å². The van der Waals surface area contributed by atoms with Crippen LogP contribution in [0.15, 0.2) is 30.6 Å². The van der Waals surface area contributed by atoms with Crippen molar-refractivity contribution in [1.29, 1.82) is 5.26 Å². The van der Waals surface area contributed by atoms with Gasteiger partial charge in [-0.1, -0.05) is 11.6 Å². The van der Waals surface area contributed by atoms with Gasteiger partial charge >= 0.3 is 0 Å². The summed E-state index contributed by atoms with van der Waals surface area (Å²) in [6.07, 6.45) is 2.99. The van der Waals surface area contributed by atoms with Crippen molar-refractivity contribution in [3.63, 3.8) is 0 Å². The van der Waals surface area contributed by atoms with E-state index >= 15 is 0 Å². The van der Waals surface area contributed by atoms with Crippen molar-refractivity contribution in [2.24, 2.45) is 0 Å². The first-order valence-electron chi connectivity index (χ1n) is 4.64. The van der Waals surface area contributed by atoms with Gasteiger partial charge in [-0.05, 0) is 40.8 Å². The first-order valence-corrected chi connectivity index (χ1v) is 6.09. The van der Waals surface area contributed by atoms with Gasteiger partial charge in [-0.3, -0.25) is 0 Å². The number of nitriles is 1. The van der Waals surface area contributed by atoms with Gasteiger partial charge in [-0.2, -0.15) is 5.26 Å². The Kier molecular flexibility index (Phi) is 3.76. The second-order valence-corrected chi connectivity index (χ2v) is 4.77. The normalized spacial score (nSPS) is 9.71. The summed E-state index contributed by atoms with van der Waals surface area (Å²) in [7, 11) is 0.